The van der Waals surface area contributed by atoms with E-state index in [4.69, 9.17) is 14.2 Å². The molecule has 0 aliphatic carbocycles. The molecule has 0 atom stereocenters. The number of pyridine rings is 1. The Kier molecular flexibility index (Phi) is 6.67. The van der Waals surface area contributed by atoms with Crippen LogP contribution >= 0.6 is 0 Å². The summed E-state index contributed by atoms with van der Waals surface area (Å²) in [6.45, 7) is 3.50. The number of nitrogens with zero attached hydrogens (tertiary/aromatic N) is 2. The smallest absolute Gasteiger partial charge is 0.244 e. The van der Waals surface area contributed by atoms with Crippen molar-refractivity contribution in [3.63, 3.8) is 0 Å². The van der Waals surface area contributed by atoms with Gasteiger partial charge in [-0.25, -0.2) is 0 Å². The van der Waals surface area contributed by atoms with Gasteiger partial charge < -0.3 is 24.1 Å². The largest absolute Gasteiger partial charge is 0.495 e. The van der Waals surface area contributed by atoms with Crippen LogP contribution in [0, 0.1) is 0 Å². The fourth-order valence-electron chi connectivity index (χ4n) is 3.11. The lowest BCUT2D eigenvalue weighted by molar-refractivity contribution is -0.116. The Labute approximate surface area is 163 Å². The molecular formula is C20H25N3O5. The third-order valence-corrected chi connectivity index (χ3v) is 4.59. The second kappa shape index (κ2) is 9.38. The average molecular weight is 387 g/mol. The number of amides is 1. The van der Waals surface area contributed by atoms with Crippen molar-refractivity contribution < 1.29 is 19.0 Å². The van der Waals surface area contributed by atoms with Gasteiger partial charge in [0.25, 0.3) is 0 Å². The highest BCUT2D eigenvalue weighted by molar-refractivity contribution is 5.92. The van der Waals surface area contributed by atoms with Crippen molar-refractivity contribution in [2.75, 3.05) is 45.8 Å². The third-order valence-electron chi connectivity index (χ3n) is 4.59. The molecule has 150 valence electrons. The van der Waals surface area contributed by atoms with Crippen LogP contribution < -0.4 is 20.2 Å². The summed E-state index contributed by atoms with van der Waals surface area (Å²) in [5.41, 5.74) is 1.15. The lowest BCUT2D eigenvalue weighted by Gasteiger charge is -2.27. The third kappa shape index (κ3) is 4.90. The van der Waals surface area contributed by atoms with Gasteiger partial charge in [-0.1, -0.05) is 12.1 Å². The molecule has 0 unspecified atom stereocenters. The topological polar surface area (TPSA) is 82.0 Å². The van der Waals surface area contributed by atoms with Gasteiger partial charge in [-0.15, -0.1) is 0 Å². The number of morpholine rings is 1. The predicted molar refractivity (Wildman–Crippen MR) is 105 cm³/mol. The zero-order valence-corrected chi connectivity index (χ0v) is 16.1. The van der Waals surface area contributed by atoms with Crippen LogP contribution in [0.3, 0.4) is 0 Å². The minimum atomic E-state index is -0.224. The van der Waals surface area contributed by atoms with Crippen molar-refractivity contribution in [2.45, 2.75) is 13.1 Å². The number of carbonyl (C=O) groups is 1. The molecule has 1 aromatic carbocycles. The van der Waals surface area contributed by atoms with Crippen LogP contribution in [-0.2, 0) is 22.6 Å². The Morgan fingerprint density at radius 2 is 1.86 bits per heavy atom. The highest BCUT2D eigenvalue weighted by atomic mass is 16.5. The maximum absolute atomic E-state index is 12.6. The van der Waals surface area contributed by atoms with E-state index in [1.165, 1.54) is 13.2 Å². The van der Waals surface area contributed by atoms with Crippen LogP contribution in [0.25, 0.3) is 0 Å². The molecule has 0 radical (unpaired) electrons. The van der Waals surface area contributed by atoms with E-state index in [0.29, 0.717) is 31.2 Å². The molecule has 0 spiro atoms. The maximum Gasteiger partial charge on any atom is 0.244 e. The Bertz CT molecular complexity index is 874. The molecule has 1 aliphatic heterocycles. The summed E-state index contributed by atoms with van der Waals surface area (Å²) < 4.78 is 17.5. The van der Waals surface area contributed by atoms with Crippen LogP contribution in [0.4, 0.5) is 5.69 Å². The first kappa shape index (κ1) is 19.9. The van der Waals surface area contributed by atoms with Crippen LogP contribution in [0.5, 0.6) is 11.5 Å². The zero-order chi connectivity index (χ0) is 19.9. The Hall–Kier alpha value is -2.84. The first-order chi connectivity index (χ1) is 13.6. The number of rotatable bonds is 7. The van der Waals surface area contributed by atoms with Crippen molar-refractivity contribution in [1.82, 2.24) is 9.47 Å². The van der Waals surface area contributed by atoms with Gasteiger partial charge in [0.15, 0.2) is 5.75 Å². The highest BCUT2D eigenvalue weighted by Crippen LogP contribution is 2.23. The Morgan fingerprint density at radius 1 is 1.14 bits per heavy atom. The molecule has 1 fully saturated rings. The average Bonchev–Trinajstić information content (AvgIpc) is 2.71. The predicted octanol–water partition coefficient (Wildman–Crippen LogP) is 1.34. The van der Waals surface area contributed by atoms with Crippen LogP contribution in [0.2, 0.25) is 0 Å². The number of anilines is 1. The zero-order valence-electron chi connectivity index (χ0n) is 16.1. The van der Waals surface area contributed by atoms with Crippen molar-refractivity contribution in [3.8, 4) is 11.5 Å². The van der Waals surface area contributed by atoms with Crippen molar-refractivity contribution in [3.05, 3.63) is 52.4 Å². The molecule has 1 aromatic heterocycles. The summed E-state index contributed by atoms with van der Waals surface area (Å²) >= 11 is 0. The standard InChI is InChI=1S/C20H25N3O5/c1-26-18-6-4-3-5-16(18)21-20(25)14-23-13-19(27-2)17(24)11-15(23)12-22-7-9-28-10-8-22/h3-6,11,13H,7-10,12,14H2,1-2H3,(H,21,25). The van der Waals surface area contributed by atoms with Gasteiger partial charge in [-0.3, -0.25) is 14.5 Å². The van der Waals surface area contributed by atoms with Crippen LogP contribution in [-0.4, -0.2) is 55.9 Å². The number of nitrogens with one attached hydrogen (secondary N) is 1. The molecule has 1 N–H and O–H groups in total. The van der Waals surface area contributed by atoms with E-state index in [1.54, 1.807) is 30.0 Å². The highest BCUT2D eigenvalue weighted by Gasteiger charge is 2.16. The molecule has 1 amide bonds. The van der Waals surface area contributed by atoms with Gasteiger partial charge in [0.2, 0.25) is 11.3 Å². The fraction of sp³-hybridized carbons (Fsp3) is 0.400. The molecule has 0 saturated carbocycles. The number of aromatic nitrogens is 1. The summed E-state index contributed by atoms with van der Waals surface area (Å²) in [6, 6.07) is 8.75. The van der Waals surface area contributed by atoms with Crippen molar-refractivity contribution in [1.29, 1.82) is 0 Å². The summed E-state index contributed by atoms with van der Waals surface area (Å²) in [4.78, 5) is 27.1. The minimum Gasteiger partial charge on any atom is -0.495 e. The molecular weight excluding hydrogens is 362 g/mol. The summed E-state index contributed by atoms with van der Waals surface area (Å²) in [5.74, 6) is 0.566. The Morgan fingerprint density at radius 3 is 2.57 bits per heavy atom. The summed E-state index contributed by atoms with van der Waals surface area (Å²) in [5, 5.41) is 2.86. The number of hydrogen-bond donors (Lipinski definition) is 1. The molecule has 2 aromatic rings. The van der Waals surface area contributed by atoms with Gasteiger partial charge in [0.1, 0.15) is 12.3 Å². The number of hydrogen-bond acceptors (Lipinski definition) is 6. The van der Waals surface area contributed by atoms with Gasteiger partial charge in [0, 0.05) is 31.4 Å². The molecule has 2 heterocycles. The molecule has 8 heteroatoms. The van der Waals surface area contributed by atoms with Gasteiger partial charge in [0.05, 0.1) is 39.3 Å². The number of ether oxygens (including phenoxy) is 3. The summed E-state index contributed by atoms with van der Waals surface area (Å²) in [7, 11) is 3.00. The molecule has 1 aliphatic rings. The first-order valence-corrected chi connectivity index (χ1v) is 9.11. The van der Waals surface area contributed by atoms with E-state index in [2.05, 4.69) is 10.2 Å². The first-order valence-electron chi connectivity index (χ1n) is 9.11. The van der Waals surface area contributed by atoms with Crippen molar-refractivity contribution in [2.24, 2.45) is 0 Å². The lowest BCUT2D eigenvalue weighted by atomic mass is 10.2. The molecule has 0 bridgehead atoms. The number of para-hydroxylation sites is 2. The number of benzene rings is 1. The van der Waals surface area contributed by atoms with Gasteiger partial charge in [-0.2, -0.15) is 0 Å². The normalized spacial score (nSPS) is 14.5. The van der Waals surface area contributed by atoms with Gasteiger partial charge >= 0.3 is 0 Å². The molecule has 1 saturated heterocycles. The van der Waals surface area contributed by atoms with E-state index in [-0.39, 0.29) is 23.6 Å². The van der Waals surface area contributed by atoms with Crippen LogP contribution in [0.1, 0.15) is 5.69 Å². The van der Waals surface area contributed by atoms with E-state index >= 15 is 0 Å². The SMILES string of the molecule is COc1ccccc1NC(=O)Cn1cc(OC)c(=O)cc1CN1CCOCC1. The second-order valence-corrected chi connectivity index (χ2v) is 6.46. The van der Waals surface area contributed by atoms with E-state index in [1.807, 2.05) is 12.1 Å². The lowest BCUT2D eigenvalue weighted by Crippen LogP contribution is -2.37. The van der Waals surface area contributed by atoms with Gasteiger partial charge in [-0.05, 0) is 12.1 Å². The monoisotopic (exact) mass is 387 g/mol. The van der Waals surface area contributed by atoms with E-state index in [0.717, 1.165) is 18.8 Å². The minimum absolute atomic E-state index is 0.0500. The Balaban J connectivity index is 1.80. The van der Waals surface area contributed by atoms with Crippen LogP contribution in [0.15, 0.2) is 41.3 Å². The molecule has 8 nitrogen and oxygen atoms in total. The summed E-state index contributed by atoms with van der Waals surface area (Å²) in [6.07, 6.45) is 1.58. The van der Waals surface area contributed by atoms with E-state index in [9.17, 15) is 9.59 Å². The number of carbonyl (C=O) groups excluding carboxylic acids is 1. The quantitative estimate of drug-likeness (QED) is 0.772. The molecule has 28 heavy (non-hydrogen) atoms. The van der Waals surface area contributed by atoms with Crippen molar-refractivity contribution >= 4 is 11.6 Å². The fourth-order valence-corrected chi connectivity index (χ4v) is 3.11. The molecule has 3 rings (SSSR count). The number of methoxy groups -OCH3 is 2. The maximum atomic E-state index is 12.6. The second-order valence-electron chi connectivity index (χ2n) is 6.46. The van der Waals surface area contributed by atoms with E-state index < -0.39 is 0 Å².